The normalized spacial score (nSPS) is 12.2. The fourth-order valence-corrected chi connectivity index (χ4v) is 2.24. The van der Waals surface area contributed by atoms with Crippen LogP contribution in [0.1, 0.15) is 31.3 Å². The van der Waals surface area contributed by atoms with Crippen molar-refractivity contribution in [2.45, 2.75) is 26.3 Å². The van der Waals surface area contributed by atoms with Gasteiger partial charge in [-0.25, -0.2) is 4.98 Å². The van der Waals surface area contributed by atoms with Gasteiger partial charge in [0, 0.05) is 18.1 Å². The van der Waals surface area contributed by atoms with Crippen molar-refractivity contribution in [1.82, 2.24) is 19.9 Å². The minimum absolute atomic E-state index is 0.0255. The SMILES string of the molecule is CCCNc1nc(Cl)nc(NC(C)c2nccs2)n1. The third-order valence-corrected chi connectivity index (χ3v) is 3.44. The van der Waals surface area contributed by atoms with Crippen LogP contribution in [0.3, 0.4) is 0 Å². The highest BCUT2D eigenvalue weighted by atomic mass is 35.5. The summed E-state index contributed by atoms with van der Waals surface area (Å²) in [5.74, 6) is 0.928. The van der Waals surface area contributed by atoms with Crippen molar-refractivity contribution in [3.8, 4) is 0 Å². The predicted molar refractivity (Wildman–Crippen MR) is 77.8 cm³/mol. The summed E-state index contributed by atoms with van der Waals surface area (Å²) < 4.78 is 0. The number of nitrogens with one attached hydrogen (secondary N) is 2. The van der Waals surface area contributed by atoms with E-state index in [0.717, 1.165) is 18.0 Å². The zero-order valence-electron chi connectivity index (χ0n) is 10.7. The van der Waals surface area contributed by atoms with Gasteiger partial charge in [-0.1, -0.05) is 6.92 Å². The molecule has 0 radical (unpaired) electrons. The lowest BCUT2D eigenvalue weighted by atomic mass is 10.4. The van der Waals surface area contributed by atoms with E-state index in [1.54, 1.807) is 17.5 Å². The molecule has 2 heterocycles. The minimum Gasteiger partial charge on any atom is -0.354 e. The van der Waals surface area contributed by atoms with E-state index in [0.29, 0.717) is 11.9 Å². The minimum atomic E-state index is 0.0255. The highest BCUT2D eigenvalue weighted by molar-refractivity contribution is 7.09. The molecule has 102 valence electrons. The first-order valence-electron chi connectivity index (χ1n) is 6.00. The van der Waals surface area contributed by atoms with Crippen molar-refractivity contribution in [3.63, 3.8) is 0 Å². The first-order valence-corrected chi connectivity index (χ1v) is 7.26. The van der Waals surface area contributed by atoms with Gasteiger partial charge >= 0.3 is 0 Å². The molecule has 1 atom stereocenters. The molecule has 1 unspecified atom stereocenters. The Balaban J connectivity index is 2.09. The maximum absolute atomic E-state index is 5.88. The summed E-state index contributed by atoms with van der Waals surface area (Å²) in [4.78, 5) is 16.6. The summed E-state index contributed by atoms with van der Waals surface area (Å²) in [6, 6.07) is 0.0255. The first kappa shape index (κ1) is 14.0. The van der Waals surface area contributed by atoms with Gasteiger partial charge in [-0.15, -0.1) is 11.3 Å². The van der Waals surface area contributed by atoms with E-state index < -0.39 is 0 Å². The number of anilines is 2. The summed E-state index contributed by atoms with van der Waals surface area (Å²) >= 11 is 7.46. The van der Waals surface area contributed by atoms with Gasteiger partial charge < -0.3 is 10.6 Å². The number of rotatable bonds is 6. The van der Waals surface area contributed by atoms with Crippen LogP contribution in [0.2, 0.25) is 5.28 Å². The van der Waals surface area contributed by atoms with Crippen LogP contribution in [-0.2, 0) is 0 Å². The van der Waals surface area contributed by atoms with E-state index in [1.807, 2.05) is 12.3 Å². The molecule has 8 heteroatoms. The molecule has 0 aliphatic carbocycles. The topological polar surface area (TPSA) is 75.6 Å². The third-order valence-electron chi connectivity index (χ3n) is 2.31. The Morgan fingerprint density at radius 3 is 2.79 bits per heavy atom. The number of aromatic nitrogens is 4. The van der Waals surface area contributed by atoms with Crippen LogP contribution < -0.4 is 10.6 Å². The molecule has 2 N–H and O–H groups in total. The Morgan fingerprint density at radius 2 is 2.11 bits per heavy atom. The van der Waals surface area contributed by atoms with Crippen molar-refractivity contribution in [1.29, 1.82) is 0 Å². The Hall–Kier alpha value is -1.47. The fourth-order valence-electron chi connectivity index (χ4n) is 1.43. The van der Waals surface area contributed by atoms with E-state index in [4.69, 9.17) is 11.6 Å². The molecular formula is C11H15ClN6S. The maximum Gasteiger partial charge on any atom is 0.229 e. The quantitative estimate of drug-likeness (QED) is 0.854. The van der Waals surface area contributed by atoms with E-state index in [2.05, 4.69) is 37.5 Å². The Kier molecular flexibility index (Phi) is 4.86. The molecule has 0 spiro atoms. The summed E-state index contributed by atoms with van der Waals surface area (Å²) in [5.41, 5.74) is 0. The van der Waals surface area contributed by atoms with Gasteiger partial charge in [0.1, 0.15) is 5.01 Å². The summed E-state index contributed by atoms with van der Waals surface area (Å²) in [6.45, 7) is 4.86. The Bertz CT molecular complexity index is 518. The number of hydrogen-bond donors (Lipinski definition) is 2. The molecule has 0 aliphatic rings. The lowest BCUT2D eigenvalue weighted by Crippen LogP contribution is -2.12. The van der Waals surface area contributed by atoms with Crippen molar-refractivity contribution >= 4 is 34.8 Å². The molecule has 2 aromatic heterocycles. The lowest BCUT2D eigenvalue weighted by Gasteiger charge is -2.12. The highest BCUT2D eigenvalue weighted by Crippen LogP contribution is 2.19. The molecule has 2 aromatic rings. The standard InChI is InChI=1S/C11H15ClN6S/c1-3-4-14-10-16-9(12)17-11(18-10)15-7(2)8-13-5-6-19-8/h5-7H,3-4H2,1-2H3,(H2,14,15,16,17,18). The van der Waals surface area contributed by atoms with Crippen LogP contribution >= 0.6 is 22.9 Å². The molecule has 0 saturated carbocycles. The van der Waals surface area contributed by atoms with Crippen molar-refractivity contribution < 1.29 is 0 Å². The van der Waals surface area contributed by atoms with Crippen LogP contribution in [0.4, 0.5) is 11.9 Å². The fraction of sp³-hybridized carbons (Fsp3) is 0.455. The first-order chi connectivity index (χ1) is 9.19. The van der Waals surface area contributed by atoms with Gasteiger partial charge in [-0.2, -0.15) is 15.0 Å². The Morgan fingerprint density at radius 1 is 1.32 bits per heavy atom. The molecular weight excluding hydrogens is 284 g/mol. The van der Waals surface area contributed by atoms with Gasteiger partial charge in [0.15, 0.2) is 0 Å². The molecule has 0 aliphatic heterocycles. The third kappa shape index (κ3) is 4.00. The average Bonchev–Trinajstić information content (AvgIpc) is 2.89. The van der Waals surface area contributed by atoms with E-state index in [1.165, 1.54) is 0 Å². The Labute approximate surface area is 120 Å². The number of hydrogen-bond acceptors (Lipinski definition) is 7. The van der Waals surface area contributed by atoms with E-state index in [-0.39, 0.29) is 11.3 Å². The second-order valence-corrected chi connectivity index (χ2v) is 5.18. The summed E-state index contributed by atoms with van der Waals surface area (Å²) in [5, 5.41) is 9.32. The number of nitrogens with zero attached hydrogens (tertiary/aromatic N) is 4. The monoisotopic (exact) mass is 298 g/mol. The van der Waals surface area contributed by atoms with Crippen LogP contribution in [0.15, 0.2) is 11.6 Å². The molecule has 0 amide bonds. The van der Waals surface area contributed by atoms with Crippen molar-refractivity contribution in [3.05, 3.63) is 21.9 Å². The van der Waals surface area contributed by atoms with Gasteiger partial charge in [0.05, 0.1) is 6.04 Å². The largest absolute Gasteiger partial charge is 0.354 e. The van der Waals surface area contributed by atoms with Gasteiger partial charge in [-0.05, 0) is 24.9 Å². The summed E-state index contributed by atoms with van der Waals surface area (Å²) in [6.07, 6.45) is 2.76. The second-order valence-electron chi connectivity index (χ2n) is 3.91. The molecule has 2 rings (SSSR count). The van der Waals surface area contributed by atoms with Crippen LogP contribution in [0.25, 0.3) is 0 Å². The van der Waals surface area contributed by atoms with Crippen LogP contribution in [0.5, 0.6) is 0 Å². The molecule has 0 saturated heterocycles. The van der Waals surface area contributed by atoms with E-state index >= 15 is 0 Å². The van der Waals surface area contributed by atoms with Crippen molar-refractivity contribution in [2.75, 3.05) is 17.2 Å². The average molecular weight is 299 g/mol. The van der Waals surface area contributed by atoms with Crippen molar-refractivity contribution in [2.24, 2.45) is 0 Å². The summed E-state index contributed by atoms with van der Waals surface area (Å²) in [7, 11) is 0. The van der Waals surface area contributed by atoms with Gasteiger partial charge in [0.2, 0.25) is 17.2 Å². The predicted octanol–water partition coefficient (Wildman–Crippen LogP) is 2.98. The molecule has 0 bridgehead atoms. The smallest absolute Gasteiger partial charge is 0.229 e. The zero-order chi connectivity index (χ0) is 13.7. The molecule has 6 nitrogen and oxygen atoms in total. The molecule has 19 heavy (non-hydrogen) atoms. The zero-order valence-corrected chi connectivity index (χ0v) is 12.3. The maximum atomic E-state index is 5.88. The molecule has 0 aromatic carbocycles. The highest BCUT2D eigenvalue weighted by Gasteiger charge is 2.11. The van der Waals surface area contributed by atoms with Crippen LogP contribution in [-0.4, -0.2) is 26.5 Å². The van der Waals surface area contributed by atoms with Gasteiger partial charge in [0.25, 0.3) is 0 Å². The second kappa shape index (κ2) is 6.63. The number of halogens is 1. The van der Waals surface area contributed by atoms with Crippen LogP contribution in [0, 0.1) is 0 Å². The lowest BCUT2D eigenvalue weighted by molar-refractivity contribution is 0.840. The number of thiazole rings is 1. The van der Waals surface area contributed by atoms with Gasteiger partial charge in [-0.3, -0.25) is 0 Å². The molecule has 0 fully saturated rings. The van der Waals surface area contributed by atoms with E-state index in [9.17, 15) is 0 Å².